The molecule has 2 N–H and O–H groups in total. The van der Waals surface area contributed by atoms with E-state index in [2.05, 4.69) is 4.74 Å². The monoisotopic (exact) mass is 239 g/mol. The Bertz CT molecular complexity index is 329. The number of para-hydroxylation sites is 1. The van der Waals surface area contributed by atoms with E-state index in [0.717, 1.165) is 5.75 Å². The molecule has 0 radical (unpaired) electrons. The van der Waals surface area contributed by atoms with Crippen LogP contribution in [0.2, 0.25) is 0 Å². The number of ether oxygens (including phenoxy) is 3. The fraction of sp³-hybridized carbons (Fsp3) is 0.417. The minimum atomic E-state index is -0.739. The molecule has 0 aliphatic rings. The highest BCUT2D eigenvalue weighted by atomic mass is 16.5. The SMILES string of the molecule is COC(=O)C(N)COCCOc1ccccc1. The van der Waals surface area contributed by atoms with Gasteiger partial charge in [-0.1, -0.05) is 18.2 Å². The van der Waals surface area contributed by atoms with Crippen LogP contribution in [-0.2, 0) is 14.3 Å². The molecule has 1 rings (SSSR count). The number of nitrogens with two attached hydrogens (primary N) is 1. The van der Waals surface area contributed by atoms with Crippen molar-refractivity contribution in [1.29, 1.82) is 0 Å². The molecular formula is C12H17NO4. The third-order valence-corrected chi connectivity index (χ3v) is 2.04. The first-order valence-corrected chi connectivity index (χ1v) is 5.33. The molecule has 0 saturated heterocycles. The summed E-state index contributed by atoms with van der Waals surface area (Å²) in [6, 6.07) is 8.68. The second-order valence-corrected chi connectivity index (χ2v) is 3.37. The Labute approximate surface area is 100 Å². The van der Waals surface area contributed by atoms with Crippen molar-refractivity contribution >= 4 is 5.97 Å². The van der Waals surface area contributed by atoms with Gasteiger partial charge in [-0.15, -0.1) is 0 Å². The van der Waals surface area contributed by atoms with Gasteiger partial charge in [0.05, 0.1) is 20.3 Å². The largest absolute Gasteiger partial charge is 0.491 e. The molecule has 5 heteroatoms. The third kappa shape index (κ3) is 5.33. The van der Waals surface area contributed by atoms with Crippen LogP contribution >= 0.6 is 0 Å². The van der Waals surface area contributed by atoms with Gasteiger partial charge in [-0.25, -0.2) is 0 Å². The van der Waals surface area contributed by atoms with Crippen LogP contribution in [0.3, 0.4) is 0 Å². The Balaban J connectivity index is 2.07. The molecule has 0 fully saturated rings. The van der Waals surface area contributed by atoms with E-state index in [0.29, 0.717) is 13.2 Å². The molecule has 0 spiro atoms. The Morgan fingerprint density at radius 1 is 1.29 bits per heavy atom. The maximum Gasteiger partial charge on any atom is 0.325 e. The summed E-state index contributed by atoms with van der Waals surface area (Å²) in [5.41, 5.74) is 5.48. The summed E-state index contributed by atoms with van der Waals surface area (Å²) in [7, 11) is 1.29. The number of hydrogen-bond donors (Lipinski definition) is 1. The lowest BCUT2D eigenvalue weighted by molar-refractivity contribution is -0.143. The molecule has 94 valence electrons. The second-order valence-electron chi connectivity index (χ2n) is 3.37. The van der Waals surface area contributed by atoms with Gasteiger partial charge in [0, 0.05) is 0 Å². The van der Waals surface area contributed by atoms with Crippen molar-refractivity contribution in [1.82, 2.24) is 0 Å². The zero-order chi connectivity index (χ0) is 12.5. The lowest BCUT2D eigenvalue weighted by Gasteiger charge is -2.10. The van der Waals surface area contributed by atoms with Gasteiger partial charge < -0.3 is 19.9 Å². The highest BCUT2D eigenvalue weighted by molar-refractivity contribution is 5.75. The van der Waals surface area contributed by atoms with Crippen LogP contribution in [0.25, 0.3) is 0 Å². The molecule has 5 nitrogen and oxygen atoms in total. The fourth-order valence-corrected chi connectivity index (χ4v) is 1.16. The van der Waals surface area contributed by atoms with Gasteiger partial charge >= 0.3 is 5.97 Å². The topological polar surface area (TPSA) is 70.8 Å². The van der Waals surface area contributed by atoms with E-state index < -0.39 is 12.0 Å². The Morgan fingerprint density at radius 3 is 2.65 bits per heavy atom. The Morgan fingerprint density at radius 2 is 2.00 bits per heavy atom. The number of carbonyl (C=O) groups excluding carboxylic acids is 1. The van der Waals surface area contributed by atoms with Crippen LogP contribution in [0.5, 0.6) is 5.75 Å². The molecule has 1 aromatic rings. The fourth-order valence-electron chi connectivity index (χ4n) is 1.16. The molecule has 0 aromatic heterocycles. The van der Waals surface area contributed by atoms with Crippen molar-refractivity contribution in [2.45, 2.75) is 6.04 Å². The van der Waals surface area contributed by atoms with Crippen molar-refractivity contribution in [3.8, 4) is 5.75 Å². The summed E-state index contributed by atoms with van der Waals surface area (Å²) in [4.78, 5) is 10.9. The molecule has 0 saturated carbocycles. The van der Waals surface area contributed by atoms with Crippen molar-refractivity contribution in [2.24, 2.45) is 5.73 Å². The van der Waals surface area contributed by atoms with Gasteiger partial charge in [-0.2, -0.15) is 0 Å². The normalized spacial score (nSPS) is 11.9. The molecule has 0 heterocycles. The minimum absolute atomic E-state index is 0.130. The van der Waals surface area contributed by atoms with E-state index in [1.54, 1.807) is 0 Å². The summed E-state index contributed by atoms with van der Waals surface area (Å²) in [5.74, 6) is 0.308. The van der Waals surface area contributed by atoms with Gasteiger partial charge in [-0.05, 0) is 12.1 Å². The summed E-state index contributed by atoms with van der Waals surface area (Å²) >= 11 is 0. The van der Waals surface area contributed by atoms with Gasteiger partial charge in [0.2, 0.25) is 0 Å². The lowest BCUT2D eigenvalue weighted by Crippen LogP contribution is -2.36. The van der Waals surface area contributed by atoms with Crippen LogP contribution in [0.15, 0.2) is 30.3 Å². The predicted molar refractivity (Wildman–Crippen MR) is 62.7 cm³/mol. The summed E-state index contributed by atoms with van der Waals surface area (Å²) in [6.45, 7) is 0.919. The Hall–Kier alpha value is -1.59. The lowest BCUT2D eigenvalue weighted by atomic mass is 10.3. The van der Waals surface area contributed by atoms with Gasteiger partial charge in [0.15, 0.2) is 0 Å². The molecule has 0 aliphatic heterocycles. The molecule has 0 amide bonds. The molecular weight excluding hydrogens is 222 g/mol. The second kappa shape index (κ2) is 7.65. The Kier molecular flexibility index (Phi) is 6.06. The van der Waals surface area contributed by atoms with E-state index in [-0.39, 0.29) is 6.61 Å². The van der Waals surface area contributed by atoms with E-state index in [1.165, 1.54) is 7.11 Å². The first kappa shape index (κ1) is 13.5. The van der Waals surface area contributed by atoms with Crippen molar-refractivity contribution in [3.05, 3.63) is 30.3 Å². The third-order valence-electron chi connectivity index (χ3n) is 2.04. The maximum absolute atomic E-state index is 10.9. The smallest absolute Gasteiger partial charge is 0.325 e. The first-order chi connectivity index (χ1) is 8.24. The number of hydrogen-bond acceptors (Lipinski definition) is 5. The van der Waals surface area contributed by atoms with Crippen molar-refractivity contribution < 1.29 is 19.0 Å². The molecule has 1 aromatic carbocycles. The maximum atomic E-state index is 10.9. The van der Waals surface area contributed by atoms with Crippen LogP contribution in [0, 0.1) is 0 Å². The standard InChI is InChI=1S/C12H17NO4/c1-15-12(14)11(13)9-16-7-8-17-10-5-3-2-4-6-10/h2-6,11H,7-9,13H2,1H3. The molecule has 1 unspecified atom stereocenters. The van der Waals surface area contributed by atoms with Gasteiger partial charge in [0.25, 0.3) is 0 Å². The molecule has 0 bridgehead atoms. The molecule has 0 aliphatic carbocycles. The summed E-state index contributed by atoms with van der Waals surface area (Å²) in [5, 5.41) is 0. The van der Waals surface area contributed by atoms with E-state index >= 15 is 0 Å². The van der Waals surface area contributed by atoms with E-state index in [9.17, 15) is 4.79 Å². The minimum Gasteiger partial charge on any atom is -0.491 e. The van der Waals surface area contributed by atoms with E-state index in [4.69, 9.17) is 15.2 Å². The number of carbonyl (C=O) groups is 1. The summed E-state index contributed by atoms with van der Waals surface area (Å²) in [6.07, 6.45) is 0. The van der Waals surface area contributed by atoms with Crippen LogP contribution in [0.1, 0.15) is 0 Å². The van der Waals surface area contributed by atoms with Gasteiger partial charge in [-0.3, -0.25) is 4.79 Å². The number of esters is 1. The molecule has 17 heavy (non-hydrogen) atoms. The number of benzene rings is 1. The first-order valence-electron chi connectivity index (χ1n) is 5.33. The average molecular weight is 239 g/mol. The number of rotatable bonds is 7. The van der Waals surface area contributed by atoms with Crippen LogP contribution < -0.4 is 10.5 Å². The molecule has 1 atom stereocenters. The summed E-state index contributed by atoms with van der Waals surface area (Å²) < 4.78 is 15.0. The van der Waals surface area contributed by atoms with Crippen LogP contribution in [0.4, 0.5) is 0 Å². The van der Waals surface area contributed by atoms with E-state index in [1.807, 2.05) is 30.3 Å². The average Bonchev–Trinajstić information content (AvgIpc) is 2.38. The highest BCUT2D eigenvalue weighted by Crippen LogP contribution is 2.07. The highest BCUT2D eigenvalue weighted by Gasteiger charge is 2.12. The zero-order valence-corrected chi connectivity index (χ0v) is 9.80. The number of methoxy groups -OCH3 is 1. The van der Waals surface area contributed by atoms with Crippen LogP contribution in [-0.4, -0.2) is 38.9 Å². The van der Waals surface area contributed by atoms with Crippen molar-refractivity contribution in [2.75, 3.05) is 26.9 Å². The predicted octanol–water partition coefficient (Wildman–Crippen LogP) is 0.582. The quantitative estimate of drug-likeness (QED) is 0.556. The zero-order valence-electron chi connectivity index (χ0n) is 9.80. The van der Waals surface area contributed by atoms with Crippen molar-refractivity contribution in [3.63, 3.8) is 0 Å². The van der Waals surface area contributed by atoms with Gasteiger partial charge in [0.1, 0.15) is 18.4 Å².